The van der Waals surface area contributed by atoms with Crippen LogP contribution in [0.4, 0.5) is 0 Å². The SMILES string of the molecule is CC(C)=CCc1c(=O)c(O)c(CC=C(C)C)c2c(O)c3c(=O)c4c(cc3oc12)OC(C)(C)C=C=4. The van der Waals surface area contributed by atoms with Gasteiger partial charge in [0, 0.05) is 17.7 Å². The first-order chi connectivity index (χ1) is 15.9. The third kappa shape index (κ3) is 3.91. The Hall–Kier alpha value is -3.76. The van der Waals surface area contributed by atoms with Gasteiger partial charge in [-0.25, -0.2) is 0 Å². The molecule has 0 aliphatic carbocycles. The second-order valence-corrected chi connectivity index (χ2v) is 9.71. The summed E-state index contributed by atoms with van der Waals surface area (Å²) in [6.07, 6.45) is 5.74. The van der Waals surface area contributed by atoms with E-state index in [-0.39, 0.29) is 56.9 Å². The van der Waals surface area contributed by atoms with Crippen molar-refractivity contribution in [1.82, 2.24) is 0 Å². The van der Waals surface area contributed by atoms with E-state index in [0.717, 1.165) is 11.1 Å². The van der Waals surface area contributed by atoms with Gasteiger partial charge in [-0.2, -0.15) is 0 Å². The largest absolute Gasteiger partial charge is 0.506 e. The van der Waals surface area contributed by atoms with E-state index in [0.29, 0.717) is 5.75 Å². The van der Waals surface area contributed by atoms with Crippen molar-refractivity contribution in [3.05, 3.63) is 72.2 Å². The second-order valence-electron chi connectivity index (χ2n) is 9.71. The van der Waals surface area contributed by atoms with Crippen LogP contribution in [0.1, 0.15) is 52.7 Å². The average molecular weight is 461 g/mol. The Morgan fingerprint density at radius 3 is 2.18 bits per heavy atom. The molecule has 3 aromatic rings. The van der Waals surface area contributed by atoms with Crippen LogP contribution in [0.5, 0.6) is 17.2 Å². The first-order valence-corrected chi connectivity index (χ1v) is 11.2. The van der Waals surface area contributed by atoms with Gasteiger partial charge in [0.2, 0.25) is 10.9 Å². The second kappa shape index (κ2) is 8.23. The third-order valence-corrected chi connectivity index (χ3v) is 5.84. The van der Waals surface area contributed by atoms with E-state index < -0.39 is 22.2 Å². The maximum atomic E-state index is 13.3. The van der Waals surface area contributed by atoms with Crippen LogP contribution in [0.3, 0.4) is 0 Å². The monoisotopic (exact) mass is 460 g/mol. The first kappa shape index (κ1) is 23.4. The summed E-state index contributed by atoms with van der Waals surface area (Å²) in [6, 6.07) is 1.55. The predicted octanol–water partition coefficient (Wildman–Crippen LogP) is 4.56. The van der Waals surface area contributed by atoms with Crippen molar-refractivity contribution in [2.45, 2.75) is 60.0 Å². The minimum Gasteiger partial charge on any atom is -0.506 e. The van der Waals surface area contributed by atoms with E-state index in [9.17, 15) is 19.8 Å². The molecule has 1 aromatic heterocycles. The molecule has 2 N–H and O–H groups in total. The number of phenolic OH excluding ortho intramolecular Hbond substituents is 1. The Morgan fingerprint density at radius 2 is 1.56 bits per heavy atom. The van der Waals surface area contributed by atoms with Gasteiger partial charge in [-0.15, -0.1) is 5.73 Å². The molecule has 0 atom stereocenters. The van der Waals surface area contributed by atoms with Crippen LogP contribution >= 0.6 is 0 Å². The molecule has 0 amide bonds. The highest BCUT2D eigenvalue weighted by Crippen LogP contribution is 2.39. The summed E-state index contributed by atoms with van der Waals surface area (Å²) in [5, 5.41) is 22.5. The lowest BCUT2D eigenvalue weighted by Gasteiger charge is -2.24. The van der Waals surface area contributed by atoms with Gasteiger partial charge in [0.15, 0.2) is 5.75 Å². The topological polar surface area (TPSA) is 97.0 Å². The molecule has 1 aliphatic rings. The number of benzene rings is 2. The van der Waals surface area contributed by atoms with Crippen LogP contribution in [0.2, 0.25) is 0 Å². The van der Waals surface area contributed by atoms with Crippen LogP contribution < -0.4 is 20.8 Å². The minimum atomic E-state index is -0.661. The molecule has 0 fully saturated rings. The molecule has 0 saturated carbocycles. The number of hydrogen-bond donors (Lipinski definition) is 2. The van der Waals surface area contributed by atoms with Gasteiger partial charge in [-0.1, -0.05) is 23.3 Å². The zero-order valence-corrected chi connectivity index (χ0v) is 20.3. The highest BCUT2D eigenvalue weighted by Gasteiger charge is 2.27. The fourth-order valence-electron chi connectivity index (χ4n) is 4.08. The molecule has 0 saturated heterocycles. The summed E-state index contributed by atoms with van der Waals surface area (Å²) >= 11 is 0. The maximum absolute atomic E-state index is 13.3. The molecular formula is C28H28O6. The lowest BCUT2D eigenvalue weighted by atomic mass is 9.95. The van der Waals surface area contributed by atoms with Crippen molar-refractivity contribution < 1.29 is 19.4 Å². The number of fused-ring (bicyclic) bond motifs is 3. The normalized spacial score (nSPS) is 13.8. The van der Waals surface area contributed by atoms with Crippen molar-refractivity contribution in [1.29, 1.82) is 0 Å². The predicted molar refractivity (Wildman–Crippen MR) is 134 cm³/mol. The summed E-state index contributed by atoms with van der Waals surface area (Å²) in [4.78, 5) is 26.5. The van der Waals surface area contributed by atoms with E-state index in [1.165, 1.54) is 0 Å². The Kier molecular flexibility index (Phi) is 5.66. The van der Waals surface area contributed by atoms with Crippen LogP contribution in [0.15, 0.2) is 49.4 Å². The number of allylic oxidation sites excluding steroid dienone is 4. The van der Waals surface area contributed by atoms with Crippen molar-refractivity contribution in [2.24, 2.45) is 0 Å². The average Bonchev–Trinajstić information content (AvgIpc) is 2.73. The van der Waals surface area contributed by atoms with Crippen molar-refractivity contribution in [3.8, 4) is 17.2 Å². The van der Waals surface area contributed by atoms with Gasteiger partial charge >= 0.3 is 0 Å². The Morgan fingerprint density at radius 1 is 0.941 bits per heavy atom. The van der Waals surface area contributed by atoms with Crippen LogP contribution in [-0.4, -0.2) is 15.8 Å². The number of hydrogen-bond acceptors (Lipinski definition) is 6. The highest BCUT2D eigenvalue weighted by atomic mass is 16.5. The van der Waals surface area contributed by atoms with Gasteiger partial charge in [0.25, 0.3) is 0 Å². The standard InChI is InChI=1S/C28H28O6/c1-14(2)7-9-17-21-26(32)22-20(13-19-16(23(22)29)11-12-28(5,6)34-19)33-27(21)18(10-8-15(3)4)25(31)24(17)30/h7-8,12-13,30,32H,9-10H2,1-6H3. The Labute approximate surface area is 196 Å². The number of phenols is 1. The van der Waals surface area contributed by atoms with Gasteiger partial charge in [-0.3, -0.25) is 9.59 Å². The molecule has 0 radical (unpaired) electrons. The maximum Gasteiger partial charge on any atom is 0.227 e. The van der Waals surface area contributed by atoms with Crippen LogP contribution in [-0.2, 0) is 12.8 Å². The molecule has 0 unspecified atom stereocenters. The minimum absolute atomic E-state index is 0.0416. The molecule has 6 heteroatoms. The highest BCUT2D eigenvalue weighted by molar-refractivity contribution is 6.02. The Bertz CT molecular complexity index is 1620. The third-order valence-electron chi connectivity index (χ3n) is 5.84. The molecule has 176 valence electrons. The lowest BCUT2D eigenvalue weighted by molar-refractivity contribution is 0.158. The summed E-state index contributed by atoms with van der Waals surface area (Å²) in [5.41, 5.74) is 3.91. The number of aromatic hydroxyl groups is 2. The summed E-state index contributed by atoms with van der Waals surface area (Å²) in [5.74, 6) is -0.486. The molecule has 34 heavy (non-hydrogen) atoms. The summed E-state index contributed by atoms with van der Waals surface area (Å²) in [6.45, 7) is 11.3. The number of ether oxygens (including phenoxy) is 1. The van der Waals surface area contributed by atoms with Gasteiger partial charge in [0.1, 0.15) is 38.9 Å². The van der Waals surface area contributed by atoms with E-state index in [1.807, 2.05) is 53.7 Å². The van der Waals surface area contributed by atoms with Crippen molar-refractivity contribution >= 4 is 27.7 Å². The smallest absolute Gasteiger partial charge is 0.227 e. The van der Waals surface area contributed by atoms with E-state index in [2.05, 4.69) is 5.73 Å². The van der Waals surface area contributed by atoms with Crippen molar-refractivity contribution in [3.63, 3.8) is 0 Å². The molecule has 4 rings (SSSR count). The molecule has 0 spiro atoms. The lowest BCUT2D eigenvalue weighted by Crippen LogP contribution is -2.35. The van der Waals surface area contributed by atoms with Crippen LogP contribution in [0.25, 0.3) is 27.7 Å². The van der Waals surface area contributed by atoms with Gasteiger partial charge in [-0.05, 0) is 54.4 Å². The fourth-order valence-corrected chi connectivity index (χ4v) is 4.08. The van der Waals surface area contributed by atoms with Gasteiger partial charge < -0.3 is 19.4 Å². The zero-order chi connectivity index (χ0) is 24.9. The summed E-state index contributed by atoms with van der Waals surface area (Å²) < 4.78 is 12.1. The van der Waals surface area contributed by atoms with E-state index in [1.54, 1.807) is 12.1 Å². The van der Waals surface area contributed by atoms with Crippen molar-refractivity contribution in [2.75, 3.05) is 0 Å². The van der Waals surface area contributed by atoms with E-state index in [4.69, 9.17) is 9.15 Å². The zero-order valence-electron chi connectivity index (χ0n) is 20.3. The fraction of sp³-hybridized carbons (Fsp3) is 0.321. The first-order valence-electron chi connectivity index (χ1n) is 11.2. The quantitative estimate of drug-likeness (QED) is 0.438. The molecular weight excluding hydrogens is 432 g/mol. The molecule has 1 aliphatic heterocycles. The van der Waals surface area contributed by atoms with E-state index >= 15 is 0 Å². The van der Waals surface area contributed by atoms with Gasteiger partial charge in [0.05, 0.1) is 10.9 Å². The molecule has 0 bridgehead atoms. The number of rotatable bonds is 4. The molecule has 6 nitrogen and oxygen atoms in total. The summed E-state index contributed by atoms with van der Waals surface area (Å²) in [7, 11) is 0. The Balaban J connectivity index is 2.22. The van der Waals surface area contributed by atoms with Crippen LogP contribution in [0, 0.1) is 0 Å². The molecule has 2 aromatic carbocycles. The molecule has 2 heterocycles.